The topological polar surface area (TPSA) is 72.2 Å². The predicted octanol–water partition coefficient (Wildman–Crippen LogP) is 1.88. The van der Waals surface area contributed by atoms with E-state index < -0.39 is 27.5 Å². The highest BCUT2D eigenvalue weighted by molar-refractivity contribution is 7.87. The second kappa shape index (κ2) is 4.46. The fourth-order valence-electron chi connectivity index (χ4n) is 2.25. The van der Waals surface area contributed by atoms with Crippen molar-refractivity contribution in [2.45, 2.75) is 31.0 Å². The Balaban J connectivity index is 2.40. The van der Waals surface area contributed by atoms with E-state index in [1.165, 1.54) is 12.1 Å². The van der Waals surface area contributed by atoms with Crippen LogP contribution in [0, 0.1) is 0 Å². The highest BCUT2D eigenvalue weighted by Crippen LogP contribution is 2.43. The zero-order chi connectivity index (χ0) is 14.3. The van der Waals surface area contributed by atoms with E-state index in [-0.39, 0.29) is 0 Å². The summed E-state index contributed by atoms with van der Waals surface area (Å²) in [6.07, 6.45) is -2.85. The number of hydrogen-bond donors (Lipinski definition) is 2. The third-order valence-corrected chi connectivity index (χ3v) is 3.96. The minimum Gasteiger partial charge on any atom is -0.216 e. The molecular formula is C11H13F3N2O2S. The fourth-order valence-corrected chi connectivity index (χ4v) is 3.11. The molecule has 19 heavy (non-hydrogen) atoms. The van der Waals surface area contributed by atoms with Crippen LogP contribution in [-0.2, 0) is 21.9 Å². The molecular weight excluding hydrogens is 281 g/mol. The lowest BCUT2D eigenvalue weighted by Gasteiger charge is -2.42. The quantitative estimate of drug-likeness (QED) is 0.893. The summed E-state index contributed by atoms with van der Waals surface area (Å²) < 4.78 is 62.5. The molecule has 1 aliphatic rings. The summed E-state index contributed by atoms with van der Waals surface area (Å²) >= 11 is 0. The Bertz CT molecular complexity index is 580. The molecule has 0 amide bonds. The standard InChI is InChI=1S/C11H13F3N2O2S/c12-11(13,14)9-4-1-3-8(7-9)10(5-2-6-10)16-19(15,17)18/h1,3-4,7,16H,2,5-6H2,(H2,15,17,18). The van der Waals surface area contributed by atoms with Gasteiger partial charge in [0.2, 0.25) is 0 Å². The summed E-state index contributed by atoms with van der Waals surface area (Å²) in [5.74, 6) is 0. The lowest BCUT2D eigenvalue weighted by molar-refractivity contribution is -0.137. The first-order chi connectivity index (χ1) is 8.62. The molecule has 0 unspecified atom stereocenters. The van der Waals surface area contributed by atoms with Gasteiger partial charge in [0.1, 0.15) is 0 Å². The van der Waals surface area contributed by atoms with Crippen LogP contribution in [0.25, 0.3) is 0 Å². The van der Waals surface area contributed by atoms with Gasteiger partial charge in [-0.25, -0.2) is 5.14 Å². The van der Waals surface area contributed by atoms with Gasteiger partial charge in [0, 0.05) is 0 Å². The molecule has 0 saturated heterocycles. The van der Waals surface area contributed by atoms with Crippen molar-refractivity contribution < 1.29 is 21.6 Å². The van der Waals surface area contributed by atoms with E-state index in [1.54, 1.807) is 0 Å². The Kier molecular flexibility index (Phi) is 3.36. The molecule has 106 valence electrons. The second-order valence-corrected chi connectivity index (χ2v) is 5.96. The van der Waals surface area contributed by atoms with Crippen LogP contribution in [0.15, 0.2) is 24.3 Å². The minimum atomic E-state index is -4.46. The van der Waals surface area contributed by atoms with Gasteiger partial charge in [-0.05, 0) is 37.0 Å². The van der Waals surface area contributed by atoms with Crippen molar-refractivity contribution in [2.75, 3.05) is 0 Å². The molecule has 2 rings (SSSR count). The van der Waals surface area contributed by atoms with Gasteiger partial charge in [-0.15, -0.1) is 0 Å². The lowest BCUT2D eigenvalue weighted by atomic mass is 9.72. The highest BCUT2D eigenvalue weighted by Gasteiger charge is 2.42. The maximum Gasteiger partial charge on any atom is 0.416 e. The third-order valence-electron chi connectivity index (χ3n) is 3.29. The molecule has 8 heteroatoms. The number of alkyl halides is 3. The largest absolute Gasteiger partial charge is 0.416 e. The fraction of sp³-hybridized carbons (Fsp3) is 0.455. The molecule has 1 saturated carbocycles. The van der Waals surface area contributed by atoms with Crippen molar-refractivity contribution >= 4 is 10.2 Å². The van der Waals surface area contributed by atoms with Gasteiger partial charge in [-0.2, -0.15) is 26.3 Å². The third kappa shape index (κ3) is 3.07. The molecule has 1 aromatic carbocycles. The Hall–Kier alpha value is -1.12. The van der Waals surface area contributed by atoms with Crippen LogP contribution in [0.5, 0.6) is 0 Å². The number of rotatable bonds is 3. The maximum atomic E-state index is 12.7. The number of halogens is 3. The summed E-state index contributed by atoms with van der Waals surface area (Å²) in [6, 6.07) is 4.67. The average molecular weight is 294 g/mol. The Morgan fingerprint density at radius 1 is 1.26 bits per heavy atom. The van der Waals surface area contributed by atoms with Crippen LogP contribution in [0.1, 0.15) is 30.4 Å². The summed E-state index contributed by atoms with van der Waals surface area (Å²) in [7, 11) is -3.97. The first-order valence-corrected chi connectivity index (χ1v) is 7.16. The molecule has 0 atom stereocenters. The normalized spacial score (nSPS) is 18.9. The van der Waals surface area contributed by atoms with Crippen LogP contribution < -0.4 is 9.86 Å². The van der Waals surface area contributed by atoms with Gasteiger partial charge < -0.3 is 0 Å². The van der Waals surface area contributed by atoms with E-state index in [0.29, 0.717) is 18.4 Å². The first kappa shape index (κ1) is 14.3. The molecule has 1 aromatic rings. The summed E-state index contributed by atoms with van der Waals surface area (Å²) in [5.41, 5.74) is -1.51. The van der Waals surface area contributed by atoms with Gasteiger partial charge >= 0.3 is 6.18 Å². The van der Waals surface area contributed by atoms with Crippen molar-refractivity contribution in [1.29, 1.82) is 0 Å². The SMILES string of the molecule is NS(=O)(=O)NC1(c2cccc(C(F)(F)F)c2)CCC1. The predicted molar refractivity (Wildman–Crippen MR) is 63.2 cm³/mol. The van der Waals surface area contributed by atoms with Gasteiger partial charge in [0.05, 0.1) is 11.1 Å². The molecule has 3 N–H and O–H groups in total. The maximum absolute atomic E-state index is 12.7. The average Bonchev–Trinajstić information content (AvgIpc) is 2.21. The van der Waals surface area contributed by atoms with E-state index in [4.69, 9.17) is 5.14 Å². The van der Waals surface area contributed by atoms with Gasteiger partial charge in [-0.1, -0.05) is 12.1 Å². The molecule has 1 aliphatic carbocycles. The van der Waals surface area contributed by atoms with Crippen molar-refractivity contribution in [3.8, 4) is 0 Å². The Morgan fingerprint density at radius 2 is 1.89 bits per heavy atom. The van der Waals surface area contributed by atoms with E-state index >= 15 is 0 Å². The van der Waals surface area contributed by atoms with Crippen LogP contribution >= 0.6 is 0 Å². The molecule has 4 nitrogen and oxygen atoms in total. The number of nitrogens with one attached hydrogen (secondary N) is 1. The van der Waals surface area contributed by atoms with Gasteiger partial charge in [0.25, 0.3) is 10.2 Å². The van der Waals surface area contributed by atoms with Crippen molar-refractivity contribution in [2.24, 2.45) is 5.14 Å². The number of benzene rings is 1. The van der Waals surface area contributed by atoms with Crippen LogP contribution in [0.2, 0.25) is 0 Å². The Morgan fingerprint density at radius 3 is 2.32 bits per heavy atom. The highest BCUT2D eigenvalue weighted by atomic mass is 32.2. The molecule has 0 aliphatic heterocycles. The molecule has 0 radical (unpaired) electrons. The molecule has 0 spiro atoms. The summed E-state index contributed by atoms with van der Waals surface area (Å²) in [5, 5.41) is 4.93. The molecule has 1 fully saturated rings. The van der Waals surface area contributed by atoms with Crippen LogP contribution in [0.3, 0.4) is 0 Å². The molecule has 0 heterocycles. The van der Waals surface area contributed by atoms with E-state index in [0.717, 1.165) is 18.6 Å². The van der Waals surface area contributed by atoms with Crippen molar-refractivity contribution in [3.05, 3.63) is 35.4 Å². The Labute approximate surface area is 109 Å². The number of hydrogen-bond acceptors (Lipinski definition) is 2. The first-order valence-electron chi connectivity index (χ1n) is 5.62. The van der Waals surface area contributed by atoms with Gasteiger partial charge in [-0.3, -0.25) is 0 Å². The monoisotopic (exact) mass is 294 g/mol. The molecule has 0 bridgehead atoms. The minimum absolute atomic E-state index is 0.294. The summed E-state index contributed by atoms with van der Waals surface area (Å²) in [6.45, 7) is 0. The van der Waals surface area contributed by atoms with Crippen molar-refractivity contribution in [3.63, 3.8) is 0 Å². The van der Waals surface area contributed by atoms with E-state index in [2.05, 4.69) is 4.72 Å². The number of nitrogens with two attached hydrogens (primary N) is 1. The lowest BCUT2D eigenvalue weighted by Crippen LogP contribution is -2.52. The van der Waals surface area contributed by atoms with Crippen molar-refractivity contribution in [1.82, 2.24) is 4.72 Å². The zero-order valence-corrected chi connectivity index (χ0v) is 10.7. The van der Waals surface area contributed by atoms with Crippen LogP contribution in [-0.4, -0.2) is 8.42 Å². The summed E-state index contributed by atoms with van der Waals surface area (Å²) in [4.78, 5) is 0. The van der Waals surface area contributed by atoms with E-state index in [1.807, 2.05) is 0 Å². The van der Waals surface area contributed by atoms with Crippen LogP contribution in [0.4, 0.5) is 13.2 Å². The zero-order valence-electron chi connectivity index (χ0n) is 9.87. The second-order valence-electron chi connectivity index (χ2n) is 4.66. The van der Waals surface area contributed by atoms with Gasteiger partial charge in [0.15, 0.2) is 0 Å². The molecule has 0 aromatic heterocycles. The van der Waals surface area contributed by atoms with E-state index in [9.17, 15) is 21.6 Å². The smallest absolute Gasteiger partial charge is 0.216 e.